The fraction of sp³-hybridized carbons (Fsp3) is 0.833. The largest absolute Gasteiger partial charge is 0.375 e. The van der Waals surface area contributed by atoms with Crippen LogP contribution in [0.15, 0.2) is 0 Å². The smallest absolute Gasteiger partial charge is 0.0703 e. The minimum Gasteiger partial charge on any atom is -0.375 e. The Morgan fingerprint density at radius 1 is 1.86 bits per heavy atom. The molecule has 0 aromatic heterocycles. The lowest BCUT2D eigenvalue weighted by Crippen LogP contribution is -2.39. The topological polar surface area (TPSA) is 9.23 Å². The van der Waals surface area contributed by atoms with Gasteiger partial charge in [0.15, 0.2) is 0 Å². The molecule has 1 nitrogen and oxygen atoms in total. The number of hydrogen-bond donors (Lipinski definition) is 0. The molecule has 0 saturated carbocycles. The first-order valence-electron chi connectivity index (χ1n) is 2.76. The molecule has 0 N–H and O–H groups in total. The van der Waals surface area contributed by atoms with E-state index in [1.165, 1.54) is 0 Å². The Morgan fingerprint density at radius 3 is 2.43 bits per heavy atom. The summed E-state index contributed by atoms with van der Waals surface area (Å²) in [6.45, 7) is 6.89. The van der Waals surface area contributed by atoms with Crippen LogP contribution in [0.2, 0.25) is 0 Å². The minimum atomic E-state index is 0.0139. The van der Waals surface area contributed by atoms with Gasteiger partial charge in [-0.05, 0) is 19.8 Å². The van der Waals surface area contributed by atoms with Crippen LogP contribution in [-0.4, -0.2) is 12.2 Å². The Hall–Kier alpha value is -0.0400. The normalized spacial score (nSPS) is 40.3. The summed E-state index contributed by atoms with van der Waals surface area (Å²) in [7, 11) is 0. The van der Waals surface area contributed by atoms with Crippen LogP contribution in [0, 0.1) is 6.92 Å². The quantitative estimate of drug-likeness (QED) is 0.482. The molecule has 1 aliphatic rings. The third-order valence-corrected chi connectivity index (χ3v) is 1.61. The first-order valence-corrected chi connectivity index (χ1v) is 2.76. The summed E-state index contributed by atoms with van der Waals surface area (Å²) in [6, 6.07) is 0. The van der Waals surface area contributed by atoms with Gasteiger partial charge >= 0.3 is 0 Å². The number of hydrogen-bond acceptors (Lipinski definition) is 1. The summed E-state index contributed by atoms with van der Waals surface area (Å²) in [4.78, 5) is 0. The maximum Gasteiger partial charge on any atom is 0.0703 e. The predicted molar refractivity (Wildman–Crippen MR) is 28.9 cm³/mol. The highest BCUT2D eigenvalue weighted by atomic mass is 16.5. The van der Waals surface area contributed by atoms with E-state index in [1.54, 1.807) is 0 Å². The van der Waals surface area contributed by atoms with Crippen molar-refractivity contribution in [3.63, 3.8) is 0 Å². The molecule has 41 valence electrons. The van der Waals surface area contributed by atoms with E-state index in [2.05, 4.69) is 13.8 Å². The Kier molecular flexibility index (Phi) is 1.08. The average molecular weight is 99.2 g/mol. The first-order chi connectivity index (χ1) is 3.27. The number of ether oxygens (including phenoxy) is 1. The van der Waals surface area contributed by atoms with Gasteiger partial charge in [-0.25, -0.2) is 0 Å². The summed E-state index contributed by atoms with van der Waals surface area (Å²) in [5.74, 6) is 0. The van der Waals surface area contributed by atoms with Crippen molar-refractivity contribution >= 4 is 0 Å². The molecule has 0 bridgehead atoms. The van der Waals surface area contributed by atoms with Crippen LogP contribution >= 0.6 is 0 Å². The molecule has 1 atom stereocenters. The molecule has 0 aromatic rings. The zero-order chi connectivity index (χ0) is 5.33. The van der Waals surface area contributed by atoms with Gasteiger partial charge in [0, 0.05) is 0 Å². The molecular formula is C6H11O. The molecule has 1 unspecified atom stereocenters. The molecule has 1 radical (unpaired) electrons. The molecule has 1 fully saturated rings. The maximum absolute atomic E-state index is 5.16. The fourth-order valence-electron chi connectivity index (χ4n) is 0.670. The van der Waals surface area contributed by atoms with Crippen molar-refractivity contribution in [1.82, 2.24) is 0 Å². The first kappa shape index (κ1) is 5.10. The van der Waals surface area contributed by atoms with Crippen LogP contribution in [0.5, 0.6) is 0 Å². The van der Waals surface area contributed by atoms with E-state index in [1.807, 2.05) is 0 Å². The Labute approximate surface area is 44.7 Å². The molecule has 1 heterocycles. The van der Waals surface area contributed by atoms with Crippen molar-refractivity contribution in [3.8, 4) is 0 Å². The van der Waals surface area contributed by atoms with E-state index >= 15 is 0 Å². The fourth-order valence-corrected chi connectivity index (χ4v) is 0.670. The monoisotopic (exact) mass is 99.1 g/mol. The minimum absolute atomic E-state index is 0.0139. The van der Waals surface area contributed by atoms with E-state index in [9.17, 15) is 0 Å². The summed E-state index contributed by atoms with van der Waals surface area (Å²) in [5.41, 5.74) is 0.0139. The Balaban J connectivity index is 2.29. The Morgan fingerprint density at radius 2 is 2.43 bits per heavy atom. The second-order valence-electron chi connectivity index (χ2n) is 2.14. The van der Waals surface area contributed by atoms with Crippen LogP contribution in [0.1, 0.15) is 19.8 Å². The van der Waals surface area contributed by atoms with Gasteiger partial charge < -0.3 is 4.74 Å². The molecule has 1 saturated heterocycles. The van der Waals surface area contributed by atoms with Crippen LogP contribution in [0.4, 0.5) is 0 Å². The van der Waals surface area contributed by atoms with Gasteiger partial charge in [-0.2, -0.15) is 0 Å². The van der Waals surface area contributed by atoms with E-state index in [4.69, 9.17) is 4.74 Å². The van der Waals surface area contributed by atoms with Crippen molar-refractivity contribution in [1.29, 1.82) is 0 Å². The molecule has 1 heteroatoms. The molecule has 0 amide bonds. The standard InChI is InChI=1S/C6H11O/c1-3-6(2)4-5-7-6/h2-5H2,1H3. The van der Waals surface area contributed by atoms with Crippen molar-refractivity contribution in [2.24, 2.45) is 0 Å². The summed E-state index contributed by atoms with van der Waals surface area (Å²) in [5, 5.41) is 0. The SMILES string of the molecule is [CH2]C1(CC)CCO1. The molecule has 0 aliphatic carbocycles. The van der Waals surface area contributed by atoms with E-state index in [0.29, 0.717) is 0 Å². The molecule has 0 spiro atoms. The van der Waals surface area contributed by atoms with Crippen molar-refractivity contribution in [2.75, 3.05) is 6.61 Å². The van der Waals surface area contributed by atoms with Gasteiger partial charge in [0.25, 0.3) is 0 Å². The third kappa shape index (κ3) is 0.778. The highest BCUT2D eigenvalue weighted by Gasteiger charge is 2.30. The molecule has 1 rings (SSSR count). The molecule has 7 heavy (non-hydrogen) atoms. The van der Waals surface area contributed by atoms with Gasteiger partial charge in [0.05, 0.1) is 12.2 Å². The van der Waals surface area contributed by atoms with Crippen molar-refractivity contribution < 1.29 is 4.74 Å². The second-order valence-corrected chi connectivity index (χ2v) is 2.14. The maximum atomic E-state index is 5.16. The Bertz CT molecular complexity index is 59.1. The highest BCUT2D eigenvalue weighted by molar-refractivity contribution is 4.88. The van der Waals surface area contributed by atoms with Crippen LogP contribution in [-0.2, 0) is 4.74 Å². The summed E-state index contributed by atoms with van der Waals surface area (Å²) in [6.07, 6.45) is 2.19. The van der Waals surface area contributed by atoms with Crippen molar-refractivity contribution in [3.05, 3.63) is 6.92 Å². The van der Waals surface area contributed by atoms with Crippen LogP contribution in [0.3, 0.4) is 0 Å². The summed E-state index contributed by atoms with van der Waals surface area (Å²) < 4.78 is 5.16. The lowest BCUT2D eigenvalue weighted by atomic mass is 9.95. The van der Waals surface area contributed by atoms with Gasteiger partial charge in [-0.15, -0.1) is 0 Å². The highest BCUT2D eigenvalue weighted by Crippen LogP contribution is 2.27. The second kappa shape index (κ2) is 1.48. The van der Waals surface area contributed by atoms with Crippen LogP contribution in [0.25, 0.3) is 0 Å². The molecule has 0 aromatic carbocycles. The average Bonchev–Trinajstić information content (AvgIpc) is 1.61. The van der Waals surface area contributed by atoms with Gasteiger partial charge in [0.2, 0.25) is 0 Å². The van der Waals surface area contributed by atoms with Gasteiger partial charge in [-0.1, -0.05) is 6.92 Å². The van der Waals surface area contributed by atoms with Crippen LogP contribution < -0.4 is 0 Å². The van der Waals surface area contributed by atoms with E-state index < -0.39 is 0 Å². The zero-order valence-corrected chi connectivity index (χ0v) is 4.74. The molecular weight excluding hydrogens is 88.1 g/mol. The molecule has 1 aliphatic heterocycles. The van der Waals surface area contributed by atoms with Gasteiger partial charge in [0.1, 0.15) is 0 Å². The van der Waals surface area contributed by atoms with Gasteiger partial charge in [-0.3, -0.25) is 0 Å². The third-order valence-electron chi connectivity index (χ3n) is 1.61. The summed E-state index contributed by atoms with van der Waals surface area (Å²) >= 11 is 0. The van der Waals surface area contributed by atoms with Crippen molar-refractivity contribution in [2.45, 2.75) is 25.4 Å². The lowest BCUT2D eigenvalue weighted by Gasteiger charge is -2.37. The lowest BCUT2D eigenvalue weighted by molar-refractivity contribution is -0.116. The predicted octanol–water partition coefficient (Wildman–Crippen LogP) is 1.39. The van der Waals surface area contributed by atoms with E-state index in [0.717, 1.165) is 19.4 Å². The zero-order valence-electron chi connectivity index (χ0n) is 4.74. The van der Waals surface area contributed by atoms with E-state index in [-0.39, 0.29) is 5.60 Å². The number of rotatable bonds is 1.